The number of hydrogen-bond donors (Lipinski definition) is 1. The maximum Gasteiger partial charge on any atom is 0.228 e. The predicted octanol–water partition coefficient (Wildman–Crippen LogP) is 1.52. The second-order valence-electron chi connectivity index (χ2n) is 5.39. The Morgan fingerprint density at radius 3 is 3.11 bits per heavy atom. The Hall–Kier alpha value is -1.55. The number of rotatable bonds is 1. The molecule has 2 aliphatic heterocycles. The van der Waals surface area contributed by atoms with E-state index in [1.807, 2.05) is 17.0 Å². The molecule has 2 atom stereocenters. The average molecular weight is 260 g/mol. The van der Waals surface area contributed by atoms with Crippen LogP contribution in [-0.2, 0) is 16.0 Å². The van der Waals surface area contributed by atoms with Crippen LogP contribution in [0.15, 0.2) is 24.3 Å². The normalized spacial score (nSPS) is 26.5. The van der Waals surface area contributed by atoms with Gasteiger partial charge in [0.2, 0.25) is 5.91 Å². The monoisotopic (exact) mass is 260 g/mol. The van der Waals surface area contributed by atoms with Gasteiger partial charge in [-0.1, -0.05) is 18.2 Å². The van der Waals surface area contributed by atoms with Gasteiger partial charge in [0.05, 0.1) is 25.2 Å². The molecule has 1 amide bonds. The Balaban J connectivity index is 1.72. The Morgan fingerprint density at radius 1 is 1.42 bits per heavy atom. The molecule has 4 heteroatoms. The van der Waals surface area contributed by atoms with Crippen molar-refractivity contribution in [3.05, 3.63) is 29.8 Å². The summed E-state index contributed by atoms with van der Waals surface area (Å²) >= 11 is 0. The summed E-state index contributed by atoms with van der Waals surface area (Å²) in [7, 11) is 0. The summed E-state index contributed by atoms with van der Waals surface area (Å²) in [6, 6.07) is 8.43. The lowest BCUT2D eigenvalue weighted by molar-refractivity contribution is -0.143. The van der Waals surface area contributed by atoms with Crippen LogP contribution in [0.2, 0.25) is 0 Å². The molecule has 3 rings (SSSR count). The van der Waals surface area contributed by atoms with Crippen molar-refractivity contribution in [2.24, 2.45) is 5.92 Å². The summed E-state index contributed by atoms with van der Waals surface area (Å²) in [5.41, 5.74) is 2.41. The van der Waals surface area contributed by atoms with E-state index in [9.17, 15) is 4.79 Å². The average Bonchev–Trinajstić information content (AvgIpc) is 2.46. The molecular formula is C15H20N2O2. The number of para-hydroxylation sites is 1. The number of nitrogens with one attached hydrogen (secondary N) is 1. The van der Waals surface area contributed by atoms with Crippen molar-refractivity contribution >= 4 is 11.6 Å². The molecule has 1 N–H and O–H groups in total. The zero-order chi connectivity index (χ0) is 13.2. The minimum absolute atomic E-state index is 0.0513. The van der Waals surface area contributed by atoms with Gasteiger partial charge in [0.1, 0.15) is 0 Å². The summed E-state index contributed by atoms with van der Waals surface area (Å²) in [5.74, 6) is 0.313. The third-order valence-corrected chi connectivity index (χ3v) is 4.02. The number of ether oxygens (including phenoxy) is 1. The second kappa shape index (κ2) is 5.21. The lowest BCUT2D eigenvalue weighted by Gasteiger charge is -2.37. The van der Waals surface area contributed by atoms with Crippen LogP contribution in [0.25, 0.3) is 0 Å². The molecule has 0 bridgehead atoms. The zero-order valence-electron chi connectivity index (χ0n) is 11.3. The summed E-state index contributed by atoms with van der Waals surface area (Å²) in [4.78, 5) is 14.6. The number of morpholine rings is 1. The molecule has 1 saturated heterocycles. The zero-order valence-corrected chi connectivity index (χ0v) is 11.3. The molecule has 1 unspecified atom stereocenters. The highest BCUT2D eigenvalue weighted by atomic mass is 16.5. The molecule has 1 fully saturated rings. The number of carbonyl (C=O) groups excluding carboxylic acids is 1. The van der Waals surface area contributed by atoms with Crippen LogP contribution in [0.3, 0.4) is 0 Å². The number of anilines is 1. The number of amides is 1. The quantitative estimate of drug-likeness (QED) is 0.832. The first-order chi connectivity index (χ1) is 9.25. The minimum atomic E-state index is 0.0513. The van der Waals surface area contributed by atoms with Gasteiger partial charge < -0.3 is 15.0 Å². The van der Waals surface area contributed by atoms with Crippen LogP contribution in [0.4, 0.5) is 5.69 Å². The Kier molecular flexibility index (Phi) is 3.42. The van der Waals surface area contributed by atoms with Crippen LogP contribution in [0.5, 0.6) is 0 Å². The van der Waals surface area contributed by atoms with E-state index in [1.54, 1.807) is 0 Å². The number of hydrogen-bond acceptors (Lipinski definition) is 3. The highest BCUT2D eigenvalue weighted by Gasteiger charge is 2.31. The predicted molar refractivity (Wildman–Crippen MR) is 74.1 cm³/mol. The molecule has 0 aromatic heterocycles. The first kappa shape index (κ1) is 12.5. The van der Waals surface area contributed by atoms with Gasteiger partial charge in [-0.15, -0.1) is 0 Å². The van der Waals surface area contributed by atoms with Gasteiger partial charge in [0.25, 0.3) is 0 Å². The van der Waals surface area contributed by atoms with E-state index in [-0.39, 0.29) is 17.9 Å². The topological polar surface area (TPSA) is 41.6 Å². The van der Waals surface area contributed by atoms with Gasteiger partial charge >= 0.3 is 0 Å². The van der Waals surface area contributed by atoms with Crippen molar-refractivity contribution in [2.45, 2.75) is 19.4 Å². The molecule has 0 aliphatic carbocycles. The Morgan fingerprint density at radius 2 is 2.26 bits per heavy atom. The van der Waals surface area contributed by atoms with Crippen molar-refractivity contribution in [3.8, 4) is 0 Å². The SMILES string of the molecule is C[C@@H]1COCCN1C(=O)C1CNc2ccccc2C1. The molecule has 2 aliphatic rings. The fourth-order valence-corrected chi connectivity index (χ4v) is 2.91. The van der Waals surface area contributed by atoms with Gasteiger partial charge in [-0.25, -0.2) is 0 Å². The van der Waals surface area contributed by atoms with Crippen molar-refractivity contribution in [2.75, 3.05) is 31.6 Å². The molecular weight excluding hydrogens is 240 g/mol. The molecule has 0 radical (unpaired) electrons. The van der Waals surface area contributed by atoms with Crippen molar-refractivity contribution < 1.29 is 9.53 Å². The van der Waals surface area contributed by atoms with Crippen molar-refractivity contribution in [1.82, 2.24) is 4.90 Å². The van der Waals surface area contributed by atoms with Crippen LogP contribution in [0.1, 0.15) is 12.5 Å². The summed E-state index contributed by atoms with van der Waals surface area (Å²) in [5, 5.41) is 3.37. The molecule has 102 valence electrons. The highest BCUT2D eigenvalue weighted by Crippen LogP contribution is 2.26. The first-order valence-corrected chi connectivity index (χ1v) is 6.95. The first-order valence-electron chi connectivity index (χ1n) is 6.95. The molecule has 4 nitrogen and oxygen atoms in total. The number of fused-ring (bicyclic) bond motifs is 1. The number of carbonyl (C=O) groups is 1. The smallest absolute Gasteiger partial charge is 0.228 e. The highest BCUT2D eigenvalue weighted by molar-refractivity contribution is 5.81. The number of benzene rings is 1. The van der Waals surface area contributed by atoms with Gasteiger partial charge in [-0.2, -0.15) is 0 Å². The summed E-state index contributed by atoms with van der Waals surface area (Å²) in [6.07, 6.45) is 0.839. The molecule has 0 saturated carbocycles. The fourth-order valence-electron chi connectivity index (χ4n) is 2.91. The number of nitrogens with zero attached hydrogens (tertiary/aromatic N) is 1. The summed E-state index contributed by atoms with van der Waals surface area (Å²) in [6.45, 7) is 4.83. The van der Waals surface area contributed by atoms with Gasteiger partial charge in [-0.3, -0.25) is 4.79 Å². The molecule has 1 aromatic carbocycles. The Bertz CT molecular complexity index is 475. The van der Waals surface area contributed by atoms with Crippen LogP contribution in [0, 0.1) is 5.92 Å². The van der Waals surface area contributed by atoms with E-state index in [4.69, 9.17) is 4.74 Å². The third kappa shape index (κ3) is 2.45. The minimum Gasteiger partial charge on any atom is -0.384 e. The van der Waals surface area contributed by atoms with E-state index >= 15 is 0 Å². The lowest BCUT2D eigenvalue weighted by Crippen LogP contribution is -2.51. The van der Waals surface area contributed by atoms with Crippen LogP contribution in [-0.4, -0.2) is 43.2 Å². The second-order valence-corrected chi connectivity index (χ2v) is 5.39. The van der Waals surface area contributed by atoms with Crippen molar-refractivity contribution in [3.63, 3.8) is 0 Å². The van der Waals surface area contributed by atoms with E-state index < -0.39 is 0 Å². The molecule has 0 spiro atoms. The van der Waals surface area contributed by atoms with Gasteiger partial charge in [0, 0.05) is 18.8 Å². The van der Waals surface area contributed by atoms with Crippen molar-refractivity contribution in [1.29, 1.82) is 0 Å². The largest absolute Gasteiger partial charge is 0.384 e. The maximum absolute atomic E-state index is 12.6. The lowest BCUT2D eigenvalue weighted by atomic mass is 9.92. The van der Waals surface area contributed by atoms with Crippen LogP contribution >= 0.6 is 0 Å². The van der Waals surface area contributed by atoms with E-state index in [0.29, 0.717) is 13.2 Å². The third-order valence-electron chi connectivity index (χ3n) is 4.02. The van der Waals surface area contributed by atoms with Gasteiger partial charge in [-0.05, 0) is 25.0 Å². The molecule has 19 heavy (non-hydrogen) atoms. The van der Waals surface area contributed by atoms with E-state index in [0.717, 1.165) is 19.5 Å². The molecule has 1 aromatic rings. The van der Waals surface area contributed by atoms with E-state index in [1.165, 1.54) is 11.3 Å². The molecule has 2 heterocycles. The summed E-state index contributed by atoms with van der Waals surface area (Å²) < 4.78 is 5.40. The van der Waals surface area contributed by atoms with Crippen LogP contribution < -0.4 is 5.32 Å². The van der Waals surface area contributed by atoms with Gasteiger partial charge in [0.15, 0.2) is 0 Å². The fraction of sp³-hybridized carbons (Fsp3) is 0.533. The van der Waals surface area contributed by atoms with E-state index in [2.05, 4.69) is 24.4 Å². The maximum atomic E-state index is 12.6. The Labute approximate surface area is 113 Å². The standard InChI is InChI=1S/C15H20N2O2/c1-11-10-19-7-6-17(11)15(18)13-8-12-4-2-3-5-14(12)16-9-13/h2-5,11,13,16H,6-10H2,1H3/t11-,13?/m1/s1.